The second kappa shape index (κ2) is 6.49. The Hall–Kier alpha value is -0.670. The lowest BCUT2D eigenvalue weighted by Crippen LogP contribution is -2.53. The standard InChI is InChI=1S/C22H34O3/c1-3-12-25-14-22-11-8-16(23)13-15(22)4-5-17-18-6-7-20(24)21(18,2)10-9-19(17)22/h13,17-20,24H,3-12,14H2,1-2H3/t17-,18-,19-,20-,21-,22+/m0/s1. The van der Waals surface area contributed by atoms with Gasteiger partial charge in [-0.25, -0.2) is 0 Å². The minimum Gasteiger partial charge on any atom is -0.393 e. The van der Waals surface area contributed by atoms with Crippen LogP contribution in [0.2, 0.25) is 0 Å². The largest absolute Gasteiger partial charge is 0.393 e. The zero-order valence-corrected chi connectivity index (χ0v) is 15.9. The first-order valence-electron chi connectivity index (χ1n) is 10.5. The van der Waals surface area contributed by atoms with E-state index in [1.54, 1.807) is 0 Å². The van der Waals surface area contributed by atoms with E-state index < -0.39 is 0 Å². The van der Waals surface area contributed by atoms with Crippen molar-refractivity contribution in [3.05, 3.63) is 11.6 Å². The van der Waals surface area contributed by atoms with Gasteiger partial charge >= 0.3 is 0 Å². The molecule has 3 heteroatoms. The van der Waals surface area contributed by atoms with Gasteiger partial charge in [0.1, 0.15) is 0 Å². The van der Waals surface area contributed by atoms with Crippen molar-refractivity contribution >= 4 is 5.78 Å². The first-order valence-corrected chi connectivity index (χ1v) is 10.5. The van der Waals surface area contributed by atoms with E-state index in [0.717, 1.165) is 45.3 Å². The molecule has 3 fully saturated rings. The molecule has 0 radical (unpaired) electrons. The van der Waals surface area contributed by atoms with Crippen LogP contribution in [0.15, 0.2) is 11.6 Å². The molecule has 0 unspecified atom stereocenters. The van der Waals surface area contributed by atoms with Crippen LogP contribution in [0.25, 0.3) is 0 Å². The van der Waals surface area contributed by atoms with E-state index in [4.69, 9.17) is 4.74 Å². The van der Waals surface area contributed by atoms with Crippen LogP contribution in [0.4, 0.5) is 0 Å². The monoisotopic (exact) mass is 346 g/mol. The molecule has 0 aromatic carbocycles. The van der Waals surface area contributed by atoms with Gasteiger partial charge in [0, 0.05) is 18.4 Å². The summed E-state index contributed by atoms with van der Waals surface area (Å²) in [5, 5.41) is 10.6. The third kappa shape index (κ3) is 2.65. The van der Waals surface area contributed by atoms with E-state index in [1.165, 1.54) is 24.8 Å². The lowest BCUT2D eigenvalue weighted by Gasteiger charge is -2.58. The van der Waals surface area contributed by atoms with Gasteiger partial charge in [-0.05, 0) is 80.6 Å². The Morgan fingerprint density at radius 3 is 2.80 bits per heavy atom. The smallest absolute Gasteiger partial charge is 0.155 e. The normalized spacial score (nSPS) is 46.2. The fourth-order valence-corrected chi connectivity index (χ4v) is 7.00. The molecule has 0 saturated heterocycles. The Kier molecular flexibility index (Phi) is 4.60. The fraction of sp³-hybridized carbons (Fsp3) is 0.864. The number of ether oxygens (including phenoxy) is 1. The number of carbonyl (C=O) groups is 1. The lowest BCUT2D eigenvalue weighted by atomic mass is 9.47. The molecule has 0 aromatic rings. The second-order valence-electron chi connectivity index (χ2n) is 9.40. The highest BCUT2D eigenvalue weighted by Gasteiger charge is 2.60. The van der Waals surface area contributed by atoms with Crippen molar-refractivity contribution in [2.24, 2.45) is 28.6 Å². The van der Waals surface area contributed by atoms with Crippen molar-refractivity contribution in [1.29, 1.82) is 0 Å². The summed E-state index contributed by atoms with van der Waals surface area (Å²) in [6, 6.07) is 0. The zero-order valence-electron chi connectivity index (χ0n) is 15.9. The third-order valence-corrected chi connectivity index (χ3v) is 8.34. The van der Waals surface area contributed by atoms with Crippen molar-refractivity contribution in [3.8, 4) is 0 Å². The van der Waals surface area contributed by atoms with Gasteiger partial charge in [0.05, 0.1) is 12.7 Å². The number of rotatable bonds is 4. The first-order chi connectivity index (χ1) is 12.0. The molecular formula is C22H34O3. The van der Waals surface area contributed by atoms with Crippen LogP contribution in [0.5, 0.6) is 0 Å². The minimum atomic E-state index is -0.115. The van der Waals surface area contributed by atoms with E-state index in [2.05, 4.69) is 13.8 Å². The summed E-state index contributed by atoms with van der Waals surface area (Å²) in [5.74, 6) is 2.31. The molecule has 1 N–H and O–H groups in total. The number of hydrogen-bond acceptors (Lipinski definition) is 3. The van der Waals surface area contributed by atoms with Gasteiger partial charge in [0.2, 0.25) is 0 Å². The highest BCUT2D eigenvalue weighted by Crippen LogP contribution is 2.65. The average Bonchev–Trinajstić information content (AvgIpc) is 2.91. The number of aliphatic hydroxyl groups excluding tert-OH is 1. The van der Waals surface area contributed by atoms with Crippen LogP contribution < -0.4 is 0 Å². The maximum absolute atomic E-state index is 12.1. The summed E-state index contributed by atoms with van der Waals surface area (Å²) in [6.07, 6.45) is 11.3. The van der Waals surface area contributed by atoms with Crippen LogP contribution in [0, 0.1) is 28.6 Å². The predicted molar refractivity (Wildman–Crippen MR) is 98.2 cm³/mol. The maximum Gasteiger partial charge on any atom is 0.155 e. The molecule has 3 saturated carbocycles. The van der Waals surface area contributed by atoms with Crippen molar-refractivity contribution in [3.63, 3.8) is 0 Å². The van der Waals surface area contributed by atoms with Gasteiger partial charge < -0.3 is 9.84 Å². The third-order valence-electron chi connectivity index (χ3n) is 8.34. The fourth-order valence-electron chi connectivity index (χ4n) is 7.00. The molecule has 3 nitrogen and oxygen atoms in total. The van der Waals surface area contributed by atoms with Crippen LogP contribution in [0.3, 0.4) is 0 Å². The molecule has 4 rings (SSSR count). The average molecular weight is 347 g/mol. The Labute approximate surface area is 152 Å². The number of fused-ring (bicyclic) bond motifs is 5. The van der Waals surface area contributed by atoms with E-state index in [9.17, 15) is 9.90 Å². The van der Waals surface area contributed by atoms with Crippen molar-refractivity contribution in [2.75, 3.05) is 13.2 Å². The van der Waals surface area contributed by atoms with E-state index in [1.807, 2.05) is 6.08 Å². The molecule has 0 bridgehead atoms. The Morgan fingerprint density at radius 2 is 2.00 bits per heavy atom. The maximum atomic E-state index is 12.1. The van der Waals surface area contributed by atoms with Gasteiger partial charge in [0.25, 0.3) is 0 Å². The molecule has 4 aliphatic carbocycles. The summed E-state index contributed by atoms with van der Waals surface area (Å²) in [7, 11) is 0. The summed E-state index contributed by atoms with van der Waals surface area (Å²) in [4.78, 5) is 12.1. The molecular weight excluding hydrogens is 312 g/mol. The molecule has 140 valence electrons. The summed E-state index contributed by atoms with van der Waals surface area (Å²) < 4.78 is 6.12. The minimum absolute atomic E-state index is 0.0981. The van der Waals surface area contributed by atoms with Crippen LogP contribution in [-0.4, -0.2) is 30.2 Å². The number of aliphatic hydroxyl groups is 1. The van der Waals surface area contributed by atoms with E-state index >= 15 is 0 Å². The van der Waals surface area contributed by atoms with Gasteiger partial charge in [-0.1, -0.05) is 19.4 Å². The number of hydrogen-bond donors (Lipinski definition) is 1. The Morgan fingerprint density at radius 1 is 1.16 bits per heavy atom. The van der Waals surface area contributed by atoms with Crippen LogP contribution >= 0.6 is 0 Å². The highest BCUT2D eigenvalue weighted by molar-refractivity contribution is 5.91. The van der Waals surface area contributed by atoms with E-state index in [0.29, 0.717) is 30.0 Å². The number of ketones is 1. The highest BCUT2D eigenvalue weighted by atomic mass is 16.5. The van der Waals surface area contributed by atoms with Gasteiger partial charge in [0.15, 0.2) is 5.78 Å². The Balaban J connectivity index is 1.66. The Bertz CT molecular complexity index is 568. The van der Waals surface area contributed by atoms with Crippen molar-refractivity contribution in [1.82, 2.24) is 0 Å². The second-order valence-corrected chi connectivity index (χ2v) is 9.40. The van der Waals surface area contributed by atoms with Gasteiger partial charge in [-0.3, -0.25) is 4.79 Å². The molecule has 4 aliphatic rings. The quantitative estimate of drug-likeness (QED) is 0.773. The van der Waals surface area contributed by atoms with Crippen molar-refractivity contribution < 1.29 is 14.6 Å². The van der Waals surface area contributed by atoms with Gasteiger partial charge in [-0.15, -0.1) is 0 Å². The van der Waals surface area contributed by atoms with Crippen molar-refractivity contribution in [2.45, 2.75) is 77.7 Å². The van der Waals surface area contributed by atoms with Crippen LogP contribution in [-0.2, 0) is 9.53 Å². The summed E-state index contributed by atoms with van der Waals surface area (Å²) in [5.41, 5.74) is 1.61. The summed E-state index contributed by atoms with van der Waals surface area (Å²) >= 11 is 0. The summed E-state index contributed by atoms with van der Waals surface area (Å²) in [6.45, 7) is 6.11. The molecule has 6 atom stereocenters. The molecule has 0 amide bonds. The molecule has 0 aliphatic heterocycles. The van der Waals surface area contributed by atoms with Gasteiger partial charge in [-0.2, -0.15) is 0 Å². The first kappa shape index (κ1) is 17.7. The molecule has 25 heavy (non-hydrogen) atoms. The molecule has 0 spiro atoms. The topological polar surface area (TPSA) is 46.5 Å². The zero-order chi connectivity index (χ0) is 17.7. The van der Waals surface area contributed by atoms with Crippen LogP contribution in [0.1, 0.15) is 71.6 Å². The SMILES string of the molecule is CCCOC[C@]12CCC(=O)C=C1CC[C@@H]1[C@@H]2CC[C@]2(C)[C@@H](O)CC[C@@H]12. The lowest BCUT2D eigenvalue weighted by molar-refractivity contribution is -0.121. The predicted octanol–water partition coefficient (Wildman–Crippen LogP) is 4.29. The molecule has 0 heterocycles. The molecule has 0 aromatic heterocycles. The van der Waals surface area contributed by atoms with E-state index in [-0.39, 0.29) is 16.9 Å². The number of carbonyl (C=O) groups excluding carboxylic acids is 1.